The molecule has 1 aromatic rings. The van der Waals surface area contributed by atoms with Crippen molar-refractivity contribution in [3.63, 3.8) is 0 Å². The van der Waals surface area contributed by atoms with Crippen LogP contribution in [0.5, 0.6) is 0 Å². The summed E-state index contributed by atoms with van der Waals surface area (Å²) in [6.45, 7) is 5.01. The average Bonchev–Trinajstić information content (AvgIpc) is 2.34. The van der Waals surface area contributed by atoms with Gasteiger partial charge in [0.25, 0.3) is 5.69 Å². The molecule has 0 saturated heterocycles. The van der Waals surface area contributed by atoms with Crippen molar-refractivity contribution in [1.29, 1.82) is 0 Å². The fourth-order valence-corrected chi connectivity index (χ4v) is 2.21. The average molecular weight is 299 g/mol. The maximum atomic E-state index is 11.6. The second-order valence-electron chi connectivity index (χ2n) is 5.09. The number of aliphatic hydroxyl groups is 1. The monoisotopic (exact) mass is 299 g/mol. The van der Waals surface area contributed by atoms with Crippen LogP contribution in [0.3, 0.4) is 0 Å². The Labute approximate surface area is 121 Å². The Morgan fingerprint density at radius 3 is 2.60 bits per heavy atom. The predicted molar refractivity (Wildman–Crippen MR) is 75.6 cm³/mol. The zero-order valence-electron chi connectivity index (χ0n) is 11.6. The molecule has 0 aliphatic carbocycles. The molecule has 0 spiro atoms. The highest BCUT2D eigenvalue weighted by atomic mass is 32.2. The Kier molecular flexibility index (Phi) is 5.52. The zero-order valence-corrected chi connectivity index (χ0v) is 12.4. The standard InChI is InChI=1S/C13H17NO5S/c1-13(2,3)19-12(16)8-20-11-5-4-9(7-15)6-10(11)14(17)18/h4-6,15H,7-8H2,1-3H3. The molecule has 0 aliphatic heterocycles. The molecule has 1 rings (SSSR count). The van der Waals surface area contributed by atoms with Crippen molar-refractivity contribution in [2.24, 2.45) is 0 Å². The molecule has 0 amide bonds. The van der Waals surface area contributed by atoms with E-state index in [1.165, 1.54) is 12.1 Å². The third-order valence-corrected chi connectivity index (χ3v) is 3.20. The lowest BCUT2D eigenvalue weighted by Crippen LogP contribution is -2.24. The van der Waals surface area contributed by atoms with Crippen LogP contribution in [0, 0.1) is 10.1 Å². The van der Waals surface area contributed by atoms with Crippen LogP contribution >= 0.6 is 11.8 Å². The number of benzene rings is 1. The molecule has 0 bridgehead atoms. The highest BCUT2D eigenvalue weighted by molar-refractivity contribution is 8.00. The number of esters is 1. The minimum atomic E-state index is -0.579. The van der Waals surface area contributed by atoms with E-state index in [4.69, 9.17) is 9.84 Å². The van der Waals surface area contributed by atoms with Gasteiger partial charge in [-0.1, -0.05) is 6.07 Å². The number of nitrogens with zero attached hydrogens (tertiary/aromatic N) is 1. The fraction of sp³-hybridized carbons (Fsp3) is 0.462. The summed E-state index contributed by atoms with van der Waals surface area (Å²) in [6, 6.07) is 4.42. The fourth-order valence-electron chi connectivity index (χ4n) is 1.43. The smallest absolute Gasteiger partial charge is 0.316 e. The highest BCUT2D eigenvalue weighted by Crippen LogP contribution is 2.30. The zero-order chi connectivity index (χ0) is 15.3. The minimum absolute atomic E-state index is 0.00339. The van der Waals surface area contributed by atoms with Crippen LogP contribution in [0.2, 0.25) is 0 Å². The van der Waals surface area contributed by atoms with Gasteiger partial charge in [-0.15, -0.1) is 11.8 Å². The Morgan fingerprint density at radius 1 is 1.45 bits per heavy atom. The SMILES string of the molecule is CC(C)(C)OC(=O)CSc1ccc(CO)cc1[N+](=O)[O-]. The highest BCUT2D eigenvalue weighted by Gasteiger charge is 2.19. The second-order valence-corrected chi connectivity index (χ2v) is 6.11. The van der Waals surface area contributed by atoms with E-state index < -0.39 is 16.5 Å². The molecule has 0 saturated carbocycles. The first-order valence-electron chi connectivity index (χ1n) is 5.96. The second kappa shape index (κ2) is 6.71. The van der Waals surface area contributed by atoms with Crippen LogP contribution in [-0.4, -0.2) is 27.4 Å². The summed E-state index contributed by atoms with van der Waals surface area (Å²) in [5.74, 6) is -0.431. The summed E-state index contributed by atoms with van der Waals surface area (Å²) in [4.78, 5) is 22.4. The van der Waals surface area contributed by atoms with Gasteiger partial charge < -0.3 is 9.84 Å². The summed E-state index contributed by atoms with van der Waals surface area (Å²) in [5, 5.41) is 19.9. The first-order chi connectivity index (χ1) is 9.23. The molecule has 0 heterocycles. The molecule has 20 heavy (non-hydrogen) atoms. The van der Waals surface area contributed by atoms with E-state index in [-0.39, 0.29) is 18.0 Å². The molecule has 6 nitrogen and oxygen atoms in total. The lowest BCUT2D eigenvalue weighted by Gasteiger charge is -2.19. The normalized spacial score (nSPS) is 11.2. The van der Waals surface area contributed by atoms with Gasteiger partial charge >= 0.3 is 5.97 Å². The number of rotatable bonds is 5. The van der Waals surface area contributed by atoms with E-state index in [2.05, 4.69) is 0 Å². The van der Waals surface area contributed by atoms with Gasteiger partial charge in [0, 0.05) is 6.07 Å². The van der Waals surface area contributed by atoms with Crippen LogP contribution in [0.15, 0.2) is 23.1 Å². The van der Waals surface area contributed by atoms with Gasteiger partial charge in [0.15, 0.2) is 0 Å². The Hall–Kier alpha value is -1.60. The molecule has 0 fully saturated rings. The van der Waals surface area contributed by atoms with Crippen molar-refractivity contribution in [3.8, 4) is 0 Å². The first kappa shape index (κ1) is 16.5. The van der Waals surface area contributed by atoms with Gasteiger partial charge in [0.2, 0.25) is 0 Å². The molecule has 0 aliphatic rings. The van der Waals surface area contributed by atoms with Crippen LogP contribution in [-0.2, 0) is 16.1 Å². The van der Waals surface area contributed by atoms with Gasteiger partial charge in [-0.05, 0) is 32.4 Å². The van der Waals surface area contributed by atoms with Crippen LogP contribution in [0.25, 0.3) is 0 Å². The number of thioether (sulfide) groups is 1. The van der Waals surface area contributed by atoms with Crippen molar-refractivity contribution in [3.05, 3.63) is 33.9 Å². The van der Waals surface area contributed by atoms with Crippen LogP contribution in [0.4, 0.5) is 5.69 Å². The summed E-state index contributed by atoms with van der Waals surface area (Å²) >= 11 is 1.05. The molecular formula is C13H17NO5S. The molecule has 110 valence electrons. The van der Waals surface area contributed by atoms with E-state index >= 15 is 0 Å². The number of carbonyl (C=O) groups is 1. The Balaban J connectivity index is 2.77. The lowest BCUT2D eigenvalue weighted by molar-refractivity contribution is -0.387. The number of ether oxygens (including phenoxy) is 1. The van der Waals surface area contributed by atoms with Crippen LogP contribution < -0.4 is 0 Å². The molecule has 0 unspecified atom stereocenters. The predicted octanol–water partition coefficient (Wildman–Crippen LogP) is 2.52. The van der Waals surface area contributed by atoms with E-state index in [0.717, 1.165) is 11.8 Å². The third kappa shape index (κ3) is 5.18. The first-order valence-corrected chi connectivity index (χ1v) is 6.94. The summed E-state index contributed by atoms with van der Waals surface area (Å²) in [5.41, 5.74) is -0.243. The van der Waals surface area contributed by atoms with Crippen LogP contribution in [0.1, 0.15) is 26.3 Å². The van der Waals surface area contributed by atoms with Gasteiger partial charge in [0.1, 0.15) is 5.60 Å². The van der Waals surface area contributed by atoms with E-state index in [0.29, 0.717) is 10.5 Å². The maximum Gasteiger partial charge on any atom is 0.316 e. The largest absolute Gasteiger partial charge is 0.459 e. The molecule has 0 atom stereocenters. The van der Waals surface area contributed by atoms with Gasteiger partial charge in [-0.25, -0.2) is 0 Å². The van der Waals surface area contributed by atoms with Crippen molar-refractivity contribution >= 4 is 23.4 Å². The van der Waals surface area contributed by atoms with E-state index in [1.807, 2.05) is 0 Å². The number of aliphatic hydroxyl groups excluding tert-OH is 1. The number of nitro benzene ring substituents is 1. The maximum absolute atomic E-state index is 11.6. The van der Waals surface area contributed by atoms with E-state index in [9.17, 15) is 14.9 Å². The minimum Gasteiger partial charge on any atom is -0.459 e. The topological polar surface area (TPSA) is 89.7 Å². The van der Waals surface area contributed by atoms with Gasteiger partial charge in [0.05, 0.1) is 22.2 Å². The molecule has 0 radical (unpaired) electrons. The van der Waals surface area contributed by atoms with Crippen molar-refractivity contribution in [2.75, 3.05) is 5.75 Å². The lowest BCUT2D eigenvalue weighted by atomic mass is 10.2. The Morgan fingerprint density at radius 2 is 2.10 bits per heavy atom. The molecular weight excluding hydrogens is 282 g/mol. The van der Waals surface area contributed by atoms with Crippen molar-refractivity contribution in [2.45, 2.75) is 37.9 Å². The summed E-state index contributed by atoms with van der Waals surface area (Å²) < 4.78 is 5.14. The van der Waals surface area contributed by atoms with Crippen molar-refractivity contribution in [1.82, 2.24) is 0 Å². The number of hydrogen-bond donors (Lipinski definition) is 1. The molecule has 1 aromatic carbocycles. The summed E-state index contributed by atoms with van der Waals surface area (Å²) in [6.07, 6.45) is 0. The third-order valence-electron chi connectivity index (χ3n) is 2.17. The summed E-state index contributed by atoms with van der Waals surface area (Å²) in [7, 11) is 0. The number of nitro groups is 1. The van der Waals surface area contributed by atoms with Gasteiger partial charge in [-0.3, -0.25) is 14.9 Å². The number of hydrogen-bond acceptors (Lipinski definition) is 6. The Bertz CT molecular complexity index is 510. The van der Waals surface area contributed by atoms with E-state index in [1.54, 1.807) is 26.8 Å². The van der Waals surface area contributed by atoms with Crippen molar-refractivity contribution < 1.29 is 19.6 Å². The molecule has 7 heteroatoms. The van der Waals surface area contributed by atoms with Gasteiger partial charge in [-0.2, -0.15) is 0 Å². The quantitative estimate of drug-likeness (QED) is 0.389. The molecule has 1 N–H and O–H groups in total. The number of carbonyl (C=O) groups excluding carboxylic acids is 1. The molecule has 0 aromatic heterocycles.